The second kappa shape index (κ2) is 13.0. The maximum atomic E-state index is 13.5. The Morgan fingerprint density at radius 3 is 2.50 bits per heavy atom. The molecule has 204 valence electrons. The van der Waals surface area contributed by atoms with Crippen LogP contribution in [0, 0.1) is 11.8 Å². The average molecular weight is 541 g/mol. The monoisotopic (exact) mass is 540 g/mol. The maximum absolute atomic E-state index is 13.5. The highest BCUT2D eigenvalue weighted by molar-refractivity contribution is 7.17. The van der Waals surface area contributed by atoms with Gasteiger partial charge >= 0.3 is 11.9 Å². The highest BCUT2D eigenvalue weighted by atomic mass is 32.1. The highest BCUT2D eigenvalue weighted by Gasteiger charge is 2.32. The molecule has 2 amide bonds. The summed E-state index contributed by atoms with van der Waals surface area (Å²) in [6.07, 6.45) is 6.09. The van der Waals surface area contributed by atoms with E-state index in [4.69, 9.17) is 9.47 Å². The van der Waals surface area contributed by atoms with Crippen molar-refractivity contribution in [3.8, 4) is 0 Å². The number of rotatable bonds is 9. The van der Waals surface area contributed by atoms with Crippen LogP contribution in [0.5, 0.6) is 0 Å². The predicted octanol–water partition coefficient (Wildman–Crippen LogP) is 4.97. The Balaban J connectivity index is 1.50. The van der Waals surface area contributed by atoms with Crippen LogP contribution in [0.2, 0.25) is 0 Å². The number of nitrogens with one attached hydrogen (secondary N) is 2. The molecule has 2 N–H and O–H groups in total. The average Bonchev–Trinajstić information content (AvgIpc) is 3.28. The number of ether oxygens (including phenoxy) is 2. The van der Waals surface area contributed by atoms with Crippen molar-refractivity contribution < 1.29 is 28.7 Å². The molecule has 2 aliphatic rings. The van der Waals surface area contributed by atoms with Gasteiger partial charge < -0.3 is 20.1 Å². The van der Waals surface area contributed by atoms with E-state index in [2.05, 4.69) is 17.6 Å². The molecule has 4 rings (SSSR count). The minimum atomic E-state index is -1.25. The summed E-state index contributed by atoms with van der Waals surface area (Å²) in [7, 11) is 0. The number of anilines is 1. The topological polar surface area (TPSA) is 111 Å². The number of esters is 2. The summed E-state index contributed by atoms with van der Waals surface area (Å²) in [5, 5.41) is 5.94. The predicted molar refractivity (Wildman–Crippen MR) is 145 cm³/mol. The number of hydrogen-bond acceptors (Lipinski definition) is 7. The molecule has 1 fully saturated rings. The van der Waals surface area contributed by atoms with E-state index in [1.807, 2.05) is 0 Å². The lowest BCUT2D eigenvalue weighted by atomic mass is 9.88. The molecule has 0 aliphatic heterocycles. The smallest absolute Gasteiger partial charge is 0.341 e. The molecule has 1 saturated carbocycles. The van der Waals surface area contributed by atoms with E-state index in [0.29, 0.717) is 22.0 Å². The fourth-order valence-corrected chi connectivity index (χ4v) is 6.58. The molecule has 2 aromatic rings. The van der Waals surface area contributed by atoms with Crippen LogP contribution in [0.3, 0.4) is 0 Å². The first-order valence-electron chi connectivity index (χ1n) is 13.5. The summed E-state index contributed by atoms with van der Waals surface area (Å²) in [6, 6.07) is 8.71. The Morgan fingerprint density at radius 1 is 1.05 bits per heavy atom. The summed E-state index contributed by atoms with van der Waals surface area (Å²) < 4.78 is 10.9. The van der Waals surface area contributed by atoms with Gasteiger partial charge in [0.2, 0.25) is 12.0 Å². The Labute approximate surface area is 227 Å². The van der Waals surface area contributed by atoms with E-state index < -0.39 is 23.9 Å². The molecule has 1 heterocycles. The second-order valence-corrected chi connectivity index (χ2v) is 11.2. The van der Waals surface area contributed by atoms with Gasteiger partial charge in [0.15, 0.2) is 0 Å². The molecule has 2 aliphatic carbocycles. The Bertz CT molecular complexity index is 1160. The number of carbonyl (C=O) groups excluding carboxylic acids is 4. The summed E-state index contributed by atoms with van der Waals surface area (Å²) in [5.74, 6) is -1.49. The van der Waals surface area contributed by atoms with Crippen molar-refractivity contribution in [3.63, 3.8) is 0 Å². The van der Waals surface area contributed by atoms with Gasteiger partial charge in [-0.3, -0.25) is 14.4 Å². The fraction of sp³-hybridized carbons (Fsp3) is 0.517. The van der Waals surface area contributed by atoms with Crippen LogP contribution in [0.1, 0.15) is 84.8 Å². The quantitative estimate of drug-likeness (QED) is 0.435. The van der Waals surface area contributed by atoms with E-state index >= 15 is 0 Å². The molecule has 8 nitrogen and oxygen atoms in total. The lowest BCUT2D eigenvalue weighted by molar-refractivity contribution is -0.154. The Kier molecular flexibility index (Phi) is 9.55. The van der Waals surface area contributed by atoms with Crippen molar-refractivity contribution in [2.45, 2.75) is 71.3 Å². The highest BCUT2D eigenvalue weighted by Crippen LogP contribution is 2.40. The van der Waals surface area contributed by atoms with Gasteiger partial charge in [-0.1, -0.05) is 56.5 Å². The molecule has 0 spiro atoms. The van der Waals surface area contributed by atoms with Crippen molar-refractivity contribution in [1.29, 1.82) is 0 Å². The molecule has 9 heteroatoms. The van der Waals surface area contributed by atoms with E-state index in [-0.39, 0.29) is 25.0 Å². The third-order valence-corrected chi connectivity index (χ3v) is 8.37. The third kappa shape index (κ3) is 6.81. The lowest BCUT2D eigenvalue weighted by Crippen LogP contribution is -2.37. The van der Waals surface area contributed by atoms with Crippen LogP contribution in [-0.4, -0.2) is 36.9 Å². The van der Waals surface area contributed by atoms with Crippen LogP contribution < -0.4 is 10.6 Å². The minimum Gasteiger partial charge on any atom is -0.462 e. The van der Waals surface area contributed by atoms with Gasteiger partial charge in [-0.05, 0) is 50.5 Å². The van der Waals surface area contributed by atoms with Crippen LogP contribution in [0.25, 0.3) is 0 Å². The number of hydrogen-bond donors (Lipinski definition) is 2. The van der Waals surface area contributed by atoms with Crippen molar-refractivity contribution >= 4 is 40.1 Å². The zero-order valence-electron chi connectivity index (χ0n) is 22.0. The zero-order valence-corrected chi connectivity index (χ0v) is 22.9. The Hall–Kier alpha value is -3.20. The second-order valence-electron chi connectivity index (χ2n) is 10.1. The van der Waals surface area contributed by atoms with Crippen LogP contribution in [0.15, 0.2) is 30.3 Å². The Morgan fingerprint density at radius 2 is 1.79 bits per heavy atom. The van der Waals surface area contributed by atoms with E-state index in [1.165, 1.54) is 11.3 Å². The van der Waals surface area contributed by atoms with Gasteiger partial charge in [0, 0.05) is 16.4 Å². The first kappa shape index (κ1) is 27.8. The van der Waals surface area contributed by atoms with E-state index in [9.17, 15) is 19.2 Å². The van der Waals surface area contributed by atoms with Crippen molar-refractivity contribution in [2.75, 3.05) is 18.5 Å². The third-order valence-electron chi connectivity index (χ3n) is 7.20. The maximum Gasteiger partial charge on any atom is 0.341 e. The van der Waals surface area contributed by atoms with E-state index in [0.717, 1.165) is 61.8 Å². The van der Waals surface area contributed by atoms with Crippen molar-refractivity contribution in [2.24, 2.45) is 11.8 Å². The summed E-state index contributed by atoms with van der Waals surface area (Å²) in [6.45, 7) is 3.83. The first-order valence-corrected chi connectivity index (χ1v) is 14.3. The van der Waals surface area contributed by atoms with Crippen molar-refractivity contribution in [1.82, 2.24) is 5.32 Å². The molecule has 0 radical (unpaired) electrons. The van der Waals surface area contributed by atoms with Gasteiger partial charge in [0.1, 0.15) is 11.5 Å². The number of carbonyl (C=O) groups is 4. The lowest BCUT2D eigenvalue weighted by Gasteiger charge is -2.21. The van der Waals surface area contributed by atoms with Gasteiger partial charge in [-0.15, -0.1) is 11.3 Å². The first-order chi connectivity index (χ1) is 18.4. The van der Waals surface area contributed by atoms with Crippen LogP contribution in [0.4, 0.5) is 5.00 Å². The molecule has 2 unspecified atom stereocenters. The number of thiophene rings is 1. The zero-order chi connectivity index (χ0) is 27.1. The molecule has 1 aromatic carbocycles. The fourth-order valence-electron chi connectivity index (χ4n) is 5.18. The standard InChI is InChI=1S/C29H36N2O6S/c1-3-36-29(35)24-21-15-14-18(2)16-22(21)38-28(24)31-27(34)25(19-10-6-4-7-11-19)37-23(32)17-30-26(33)20-12-8-5-9-13-20/h4,6-7,10-11,18,20,25H,3,5,8-9,12-17H2,1-2H3,(H,30,33)(H,31,34). The molecule has 2 atom stereocenters. The van der Waals surface area contributed by atoms with Crippen molar-refractivity contribution in [3.05, 3.63) is 51.9 Å². The summed E-state index contributed by atoms with van der Waals surface area (Å²) in [4.78, 5) is 52.7. The number of amides is 2. The molecule has 0 saturated heterocycles. The van der Waals surface area contributed by atoms with E-state index in [1.54, 1.807) is 37.3 Å². The van der Waals surface area contributed by atoms with Gasteiger partial charge in [-0.25, -0.2) is 4.79 Å². The summed E-state index contributed by atoms with van der Waals surface area (Å²) >= 11 is 1.38. The van der Waals surface area contributed by atoms with Crippen LogP contribution >= 0.6 is 11.3 Å². The van der Waals surface area contributed by atoms with Crippen LogP contribution in [-0.2, 0) is 36.7 Å². The van der Waals surface area contributed by atoms with Gasteiger partial charge in [0.05, 0.1) is 12.2 Å². The minimum absolute atomic E-state index is 0.0846. The molecule has 0 bridgehead atoms. The SMILES string of the molecule is CCOC(=O)c1c(NC(=O)C(OC(=O)CNC(=O)C2CCCCC2)c2ccccc2)sc2c1CCC(C)C2. The molecule has 1 aromatic heterocycles. The molecule has 38 heavy (non-hydrogen) atoms. The molecular weight excluding hydrogens is 504 g/mol. The number of fused-ring (bicyclic) bond motifs is 1. The number of benzene rings is 1. The largest absolute Gasteiger partial charge is 0.462 e. The normalized spacial score (nSPS) is 18.1. The summed E-state index contributed by atoms with van der Waals surface area (Å²) in [5.41, 5.74) is 1.81. The molecular formula is C29H36N2O6S. The van der Waals surface area contributed by atoms with Gasteiger partial charge in [0.25, 0.3) is 5.91 Å². The van der Waals surface area contributed by atoms with Gasteiger partial charge in [-0.2, -0.15) is 0 Å².